The summed E-state index contributed by atoms with van der Waals surface area (Å²) in [6.07, 6.45) is 3.23. The standard InChI is InChI=1S/C12H11FO/c1-8-5-9(7-10(13)6-8)11-3-2-4-12(11)14/h3,5-7H,2,4H2,1H3. The van der Waals surface area contributed by atoms with Gasteiger partial charge in [-0.25, -0.2) is 4.39 Å². The molecule has 0 aromatic heterocycles. The third-order valence-electron chi connectivity index (χ3n) is 2.37. The number of halogens is 1. The maximum absolute atomic E-state index is 13.1. The topological polar surface area (TPSA) is 17.1 Å². The van der Waals surface area contributed by atoms with Gasteiger partial charge in [0.2, 0.25) is 0 Å². The molecule has 0 aliphatic heterocycles. The number of hydrogen-bond donors (Lipinski definition) is 0. The Morgan fingerprint density at radius 2 is 2.07 bits per heavy atom. The molecule has 0 amide bonds. The first-order valence-electron chi connectivity index (χ1n) is 4.68. The van der Waals surface area contributed by atoms with E-state index in [4.69, 9.17) is 0 Å². The van der Waals surface area contributed by atoms with E-state index in [-0.39, 0.29) is 11.6 Å². The van der Waals surface area contributed by atoms with Gasteiger partial charge in [0.1, 0.15) is 5.82 Å². The minimum Gasteiger partial charge on any atom is -0.294 e. The zero-order valence-corrected chi connectivity index (χ0v) is 8.01. The summed E-state index contributed by atoms with van der Waals surface area (Å²) >= 11 is 0. The minimum absolute atomic E-state index is 0.120. The lowest BCUT2D eigenvalue weighted by molar-refractivity contribution is -0.113. The zero-order valence-electron chi connectivity index (χ0n) is 8.01. The van der Waals surface area contributed by atoms with Gasteiger partial charge in [0.15, 0.2) is 5.78 Å². The molecule has 0 N–H and O–H groups in total. The molecule has 2 heteroatoms. The van der Waals surface area contributed by atoms with Crippen LogP contribution in [0.5, 0.6) is 0 Å². The van der Waals surface area contributed by atoms with Crippen LogP contribution in [0.1, 0.15) is 24.0 Å². The van der Waals surface area contributed by atoms with Gasteiger partial charge >= 0.3 is 0 Å². The maximum atomic E-state index is 13.1. The Hall–Kier alpha value is -1.44. The average Bonchev–Trinajstić information content (AvgIpc) is 2.49. The molecule has 1 nitrogen and oxygen atoms in total. The van der Waals surface area contributed by atoms with Crippen LogP contribution in [0.4, 0.5) is 4.39 Å². The second-order valence-corrected chi connectivity index (χ2v) is 3.60. The first-order chi connectivity index (χ1) is 6.66. The van der Waals surface area contributed by atoms with Crippen molar-refractivity contribution >= 4 is 11.4 Å². The van der Waals surface area contributed by atoms with Crippen molar-refractivity contribution in [1.82, 2.24) is 0 Å². The van der Waals surface area contributed by atoms with Gasteiger partial charge in [0.05, 0.1) is 0 Å². The summed E-state index contributed by atoms with van der Waals surface area (Å²) in [7, 11) is 0. The highest BCUT2D eigenvalue weighted by molar-refractivity contribution is 6.22. The molecular weight excluding hydrogens is 179 g/mol. The normalized spacial score (nSPS) is 15.9. The molecule has 72 valence electrons. The lowest BCUT2D eigenvalue weighted by Gasteiger charge is -2.02. The van der Waals surface area contributed by atoms with Crippen molar-refractivity contribution < 1.29 is 9.18 Å². The van der Waals surface area contributed by atoms with Crippen LogP contribution in [0.2, 0.25) is 0 Å². The van der Waals surface area contributed by atoms with Crippen molar-refractivity contribution in [3.05, 3.63) is 41.2 Å². The van der Waals surface area contributed by atoms with Gasteiger partial charge in [0.25, 0.3) is 0 Å². The Bertz CT molecular complexity index is 398. The fourth-order valence-electron chi connectivity index (χ4n) is 1.77. The second-order valence-electron chi connectivity index (χ2n) is 3.60. The van der Waals surface area contributed by atoms with Gasteiger partial charge in [-0.2, -0.15) is 0 Å². The lowest BCUT2D eigenvalue weighted by Crippen LogP contribution is -1.96. The number of carbonyl (C=O) groups is 1. The monoisotopic (exact) mass is 190 g/mol. The Kier molecular flexibility index (Phi) is 2.20. The summed E-state index contributed by atoms with van der Waals surface area (Å²) in [5, 5.41) is 0. The predicted molar refractivity (Wildman–Crippen MR) is 53.4 cm³/mol. The van der Waals surface area contributed by atoms with Crippen LogP contribution in [-0.2, 0) is 4.79 Å². The summed E-state index contributed by atoms with van der Waals surface area (Å²) in [6.45, 7) is 1.83. The number of hydrogen-bond acceptors (Lipinski definition) is 1. The van der Waals surface area contributed by atoms with Gasteiger partial charge in [-0.3, -0.25) is 4.79 Å². The van der Waals surface area contributed by atoms with E-state index in [1.807, 2.05) is 19.1 Å². The van der Waals surface area contributed by atoms with Crippen molar-refractivity contribution in [3.63, 3.8) is 0 Å². The number of ketones is 1. The Morgan fingerprint density at radius 3 is 2.64 bits per heavy atom. The van der Waals surface area contributed by atoms with Crippen LogP contribution in [0, 0.1) is 12.7 Å². The van der Waals surface area contributed by atoms with Gasteiger partial charge < -0.3 is 0 Å². The van der Waals surface area contributed by atoms with Gasteiger partial charge in [0, 0.05) is 12.0 Å². The van der Waals surface area contributed by atoms with Gasteiger partial charge in [-0.05, 0) is 36.6 Å². The molecule has 0 unspecified atom stereocenters. The molecule has 0 saturated carbocycles. The highest BCUT2D eigenvalue weighted by Gasteiger charge is 2.17. The van der Waals surface area contributed by atoms with E-state index >= 15 is 0 Å². The summed E-state index contributed by atoms with van der Waals surface area (Å²) in [5.41, 5.74) is 2.23. The van der Waals surface area contributed by atoms with Crippen LogP contribution in [0.3, 0.4) is 0 Å². The number of carbonyl (C=O) groups excluding carboxylic acids is 1. The van der Waals surface area contributed by atoms with Crippen molar-refractivity contribution in [3.8, 4) is 0 Å². The average molecular weight is 190 g/mol. The van der Waals surface area contributed by atoms with Crippen LogP contribution in [0.25, 0.3) is 5.57 Å². The first-order valence-corrected chi connectivity index (χ1v) is 4.68. The van der Waals surface area contributed by atoms with Crippen molar-refractivity contribution in [2.24, 2.45) is 0 Å². The highest BCUT2D eigenvalue weighted by Crippen LogP contribution is 2.25. The molecule has 0 spiro atoms. The maximum Gasteiger partial charge on any atom is 0.163 e. The van der Waals surface area contributed by atoms with Gasteiger partial charge in [-0.1, -0.05) is 12.1 Å². The Balaban J connectivity index is 2.46. The largest absolute Gasteiger partial charge is 0.294 e. The Labute approximate surface area is 82.3 Å². The molecule has 2 rings (SSSR count). The molecular formula is C12H11FO. The fraction of sp³-hybridized carbons (Fsp3) is 0.250. The van der Waals surface area contributed by atoms with E-state index < -0.39 is 0 Å². The van der Waals surface area contributed by atoms with E-state index in [1.165, 1.54) is 12.1 Å². The van der Waals surface area contributed by atoms with E-state index in [1.54, 1.807) is 0 Å². The third kappa shape index (κ3) is 1.60. The lowest BCUT2D eigenvalue weighted by atomic mass is 10.0. The van der Waals surface area contributed by atoms with E-state index in [0.717, 1.165) is 12.0 Å². The second kappa shape index (κ2) is 3.37. The summed E-state index contributed by atoms with van der Waals surface area (Å²) in [6, 6.07) is 4.73. The molecule has 0 radical (unpaired) electrons. The van der Waals surface area contributed by atoms with Crippen molar-refractivity contribution in [2.45, 2.75) is 19.8 Å². The molecule has 0 bridgehead atoms. The predicted octanol–water partition coefficient (Wildman–Crippen LogP) is 2.88. The number of benzene rings is 1. The summed E-state index contributed by atoms with van der Waals surface area (Å²) in [5.74, 6) is -0.157. The summed E-state index contributed by atoms with van der Waals surface area (Å²) < 4.78 is 13.1. The van der Waals surface area contributed by atoms with E-state index in [9.17, 15) is 9.18 Å². The quantitative estimate of drug-likeness (QED) is 0.665. The molecule has 14 heavy (non-hydrogen) atoms. The molecule has 0 fully saturated rings. The molecule has 1 aromatic carbocycles. The number of Topliss-reactive ketones (excluding diaryl/α,β-unsaturated/α-hetero) is 1. The van der Waals surface area contributed by atoms with Crippen LogP contribution in [-0.4, -0.2) is 5.78 Å². The van der Waals surface area contributed by atoms with Crippen LogP contribution < -0.4 is 0 Å². The molecule has 1 aliphatic rings. The molecule has 1 aliphatic carbocycles. The van der Waals surface area contributed by atoms with Crippen molar-refractivity contribution in [2.75, 3.05) is 0 Å². The SMILES string of the molecule is Cc1cc(F)cc(C2=CCCC2=O)c1. The number of allylic oxidation sites excluding steroid dienone is 2. The number of rotatable bonds is 1. The first kappa shape index (κ1) is 9.13. The summed E-state index contributed by atoms with van der Waals surface area (Å²) in [4.78, 5) is 11.4. The van der Waals surface area contributed by atoms with Gasteiger partial charge in [-0.15, -0.1) is 0 Å². The van der Waals surface area contributed by atoms with E-state index in [0.29, 0.717) is 17.6 Å². The fourth-order valence-corrected chi connectivity index (χ4v) is 1.77. The van der Waals surface area contributed by atoms with Crippen LogP contribution in [0.15, 0.2) is 24.3 Å². The zero-order chi connectivity index (χ0) is 10.1. The smallest absolute Gasteiger partial charge is 0.163 e. The third-order valence-corrected chi connectivity index (χ3v) is 2.37. The molecule has 0 saturated heterocycles. The van der Waals surface area contributed by atoms with Crippen LogP contribution >= 0.6 is 0 Å². The van der Waals surface area contributed by atoms with Crippen molar-refractivity contribution in [1.29, 1.82) is 0 Å². The Morgan fingerprint density at radius 1 is 1.29 bits per heavy atom. The molecule has 0 atom stereocenters. The minimum atomic E-state index is -0.277. The highest BCUT2D eigenvalue weighted by atomic mass is 19.1. The molecule has 0 heterocycles. The van der Waals surface area contributed by atoms with E-state index in [2.05, 4.69) is 0 Å². The molecule has 1 aromatic rings. The number of aryl methyl sites for hydroxylation is 1.